The number of hydrogen-bond donors (Lipinski definition) is 0. The van der Waals surface area contributed by atoms with Crippen molar-refractivity contribution in [1.29, 1.82) is 0 Å². The fourth-order valence-corrected chi connectivity index (χ4v) is 1.84. The lowest BCUT2D eigenvalue weighted by Crippen LogP contribution is -2.29. The molecule has 0 aliphatic heterocycles. The lowest BCUT2D eigenvalue weighted by atomic mass is 10.2. The summed E-state index contributed by atoms with van der Waals surface area (Å²) in [6.07, 6.45) is -5.15. The van der Waals surface area contributed by atoms with E-state index in [1.807, 2.05) is 12.1 Å². The number of fused-ring (bicyclic) bond motifs is 1. The minimum absolute atomic E-state index is 0.101. The van der Waals surface area contributed by atoms with E-state index in [2.05, 4.69) is 0 Å². The van der Waals surface area contributed by atoms with Gasteiger partial charge in [-0.3, -0.25) is 9.69 Å². The molecular weight excluding hydrogens is 271 g/mol. The van der Waals surface area contributed by atoms with E-state index < -0.39 is 12.6 Å². The number of likely N-dealkylation sites (N-methyl/N-ethyl adjacent to an activating group) is 1. The summed E-state index contributed by atoms with van der Waals surface area (Å²) >= 11 is 0. The van der Waals surface area contributed by atoms with Gasteiger partial charge in [-0.25, -0.2) is 0 Å². The number of ketones is 1. The highest BCUT2D eigenvalue weighted by Gasteiger charge is 2.27. The summed E-state index contributed by atoms with van der Waals surface area (Å²) in [6, 6.07) is 8.76. The van der Waals surface area contributed by atoms with Crippen molar-refractivity contribution in [2.75, 3.05) is 20.1 Å². The predicted octanol–water partition coefficient (Wildman–Crippen LogP) is 3.50. The number of hydrogen-bond acceptors (Lipinski definition) is 3. The minimum Gasteiger partial charge on any atom is -0.453 e. The number of para-hydroxylation sites is 1. The number of nitrogens with zero attached hydrogens (tertiary/aromatic N) is 1. The van der Waals surface area contributed by atoms with Crippen molar-refractivity contribution in [3.05, 3.63) is 36.1 Å². The van der Waals surface area contributed by atoms with Gasteiger partial charge in [0.2, 0.25) is 5.78 Å². The number of carbonyl (C=O) groups is 1. The molecule has 1 aromatic carbocycles. The summed E-state index contributed by atoms with van der Waals surface area (Å²) in [5.41, 5.74) is 0.591. The second kappa shape index (κ2) is 5.66. The van der Waals surface area contributed by atoms with Crippen molar-refractivity contribution in [1.82, 2.24) is 4.90 Å². The highest BCUT2D eigenvalue weighted by atomic mass is 19.4. The smallest absolute Gasteiger partial charge is 0.390 e. The van der Waals surface area contributed by atoms with Crippen LogP contribution in [0.3, 0.4) is 0 Å². The molecule has 0 amide bonds. The van der Waals surface area contributed by atoms with Crippen LogP contribution in [0.1, 0.15) is 17.0 Å². The quantitative estimate of drug-likeness (QED) is 0.788. The molecule has 108 valence electrons. The summed E-state index contributed by atoms with van der Waals surface area (Å²) in [5, 5.41) is 0.800. The van der Waals surface area contributed by atoms with Crippen LogP contribution in [-0.4, -0.2) is 37.0 Å². The molecule has 0 bridgehead atoms. The maximum absolute atomic E-state index is 12.1. The molecule has 0 saturated heterocycles. The molecule has 2 aromatic rings. The molecule has 0 spiro atoms. The van der Waals surface area contributed by atoms with Gasteiger partial charge in [0.05, 0.1) is 13.0 Å². The maximum Gasteiger partial charge on any atom is 0.390 e. The zero-order valence-corrected chi connectivity index (χ0v) is 10.9. The number of benzene rings is 1. The number of rotatable bonds is 5. The van der Waals surface area contributed by atoms with E-state index in [1.54, 1.807) is 18.2 Å². The van der Waals surface area contributed by atoms with E-state index in [0.717, 1.165) is 5.39 Å². The van der Waals surface area contributed by atoms with E-state index in [-0.39, 0.29) is 24.6 Å². The summed E-state index contributed by atoms with van der Waals surface area (Å²) in [6.45, 7) is -0.314. The summed E-state index contributed by atoms with van der Waals surface area (Å²) in [5.74, 6) is -0.157. The lowest BCUT2D eigenvalue weighted by Gasteiger charge is -2.15. The SMILES string of the molecule is CN(CCC(F)(F)F)CC(=O)c1cc2ccccc2o1. The van der Waals surface area contributed by atoms with Crippen molar-refractivity contribution < 1.29 is 22.4 Å². The van der Waals surface area contributed by atoms with Gasteiger partial charge in [-0.05, 0) is 19.2 Å². The molecule has 1 heterocycles. The molecule has 6 heteroatoms. The van der Waals surface area contributed by atoms with Crippen molar-refractivity contribution in [3.8, 4) is 0 Å². The number of carbonyl (C=O) groups excluding carboxylic acids is 1. The Bertz CT molecular complexity index is 571. The highest BCUT2D eigenvalue weighted by Crippen LogP contribution is 2.21. The summed E-state index contributed by atoms with van der Waals surface area (Å²) in [7, 11) is 1.48. The zero-order chi connectivity index (χ0) is 14.8. The van der Waals surface area contributed by atoms with Gasteiger partial charge in [-0.2, -0.15) is 13.2 Å². The topological polar surface area (TPSA) is 33.5 Å². The van der Waals surface area contributed by atoms with Crippen LogP contribution in [0.5, 0.6) is 0 Å². The van der Waals surface area contributed by atoms with Crippen molar-refractivity contribution in [2.45, 2.75) is 12.6 Å². The van der Waals surface area contributed by atoms with Crippen LogP contribution < -0.4 is 0 Å². The number of furan rings is 1. The first kappa shape index (κ1) is 14.6. The normalized spacial score (nSPS) is 12.2. The third kappa shape index (κ3) is 3.84. The van der Waals surface area contributed by atoms with Gasteiger partial charge in [0.1, 0.15) is 5.58 Å². The third-order valence-electron chi connectivity index (χ3n) is 2.89. The fraction of sp³-hybridized carbons (Fsp3) is 0.357. The Morgan fingerprint density at radius 3 is 2.65 bits per heavy atom. The molecule has 3 nitrogen and oxygen atoms in total. The van der Waals surface area contributed by atoms with Gasteiger partial charge in [0.15, 0.2) is 5.76 Å². The molecule has 0 unspecified atom stereocenters. The Labute approximate surface area is 114 Å². The van der Waals surface area contributed by atoms with E-state index in [1.165, 1.54) is 11.9 Å². The summed E-state index contributed by atoms with van der Waals surface area (Å²) < 4.78 is 41.6. The van der Waals surface area contributed by atoms with E-state index >= 15 is 0 Å². The first-order valence-corrected chi connectivity index (χ1v) is 6.12. The maximum atomic E-state index is 12.1. The Morgan fingerprint density at radius 1 is 1.30 bits per heavy atom. The van der Waals surface area contributed by atoms with Crippen LogP contribution in [0.15, 0.2) is 34.7 Å². The Morgan fingerprint density at radius 2 is 2.00 bits per heavy atom. The van der Waals surface area contributed by atoms with Gasteiger partial charge in [-0.15, -0.1) is 0 Å². The molecule has 0 radical (unpaired) electrons. The van der Waals surface area contributed by atoms with Gasteiger partial charge in [-0.1, -0.05) is 18.2 Å². The third-order valence-corrected chi connectivity index (χ3v) is 2.89. The summed E-state index contributed by atoms with van der Waals surface area (Å²) in [4.78, 5) is 13.3. The lowest BCUT2D eigenvalue weighted by molar-refractivity contribution is -0.137. The zero-order valence-electron chi connectivity index (χ0n) is 10.9. The van der Waals surface area contributed by atoms with E-state index in [9.17, 15) is 18.0 Å². The van der Waals surface area contributed by atoms with Gasteiger partial charge >= 0.3 is 6.18 Å². The number of Topliss-reactive ketones (excluding diaryl/α,β-unsaturated/α-hetero) is 1. The van der Waals surface area contributed by atoms with Crippen LogP contribution in [0, 0.1) is 0 Å². The Balaban J connectivity index is 1.97. The highest BCUT2D eigenvalue weighted by molar-refractivity contribution is 5.98. The van der Waals surface area contributed by atoms with E-state index in [0.29, 0.717) is 5.58 Å². The second-order valence-electron chi connectivity index (χ2n) is 4.67. The predicted molar refractivity (Wildman–Crippen MR) is 68.7 cm³/mol. The van der Waals surface area contributed by atoms with Crippen molar-refractivity contribution >= 4 is 16.8 Å². The molecule has 0 fully saturated rings. The molecule has 0 atom stereocenters. The fourth-order valence-electron chi connectivity index (χ4n) is 1.84. The van der Waals surface area contributed by atoms with Gasteiger partial charge < -0.3 is 4.42 Å². The Kier molecular flexibility index (Phi) is 4.13. The molecule has 0 N–H and O–H groups in total. The minimum atomic E-state index is -4.21. The molecule has 0 saturated carbocycles. The number of alkyl halides is 3. The van der Waals surface area contributed by atoms with Crippen molar-refractivity contribution in [3.63, 3.8) is 0 Å². The van der Waals surface area contributed by atoms with Crippen LogP contribution >= 0.6 is 0 Å². The van der Waals surface area contributed by atoms with Gasteiger partial charge in [0, 0.05) is 11.9 Å². The Hall–Kier alpha value is -1.82. The van der Waals surface area contributed by atoms with Crippen LogP contribution in [0.25, 0.3) is 11.0 Å². The van der Waals surface area contributed by atoms with E-state index in [4.69, 9.17) is 4.42 Å². The molecule has 0 aliphatic carbocycles. The van der Waals surface area contributed by atoms with Crippen LogP contribution in [-0.2, 0) is 0 Å². The second-order valence-corrected chi connectivity index (χ2v) is 4.67. The average molecular weight is 285 g/mol. The van der Waals surface area contributed by atoms with Crippen LogP contribution in [0.2, 0.25) is 0 Å². The monoisotopic (exact) mass is 285 g/mol. The standard InChI is InChI=1S/C14H14F3NO2/c1-18(7-6-14(15,16)17)9-11(19)13-8-10-4-2-3-5-12(10)20-13/h2-5,8H,6-7,9H2,1H3. The molecular formula is C14H14F3NO2. The molecule has 0 aliphatic rings. The number of halogens is 3. The first-order valence-electron chi connectivity index (χ1n) is 6.12. The first-order chi connectivity index (χ1) is 9.35. The molecule has 2 rings (SSSR count). The average Bonchev–Trinajstić information content (AvgIpc) is 2.79. The molecule has 20 heavy (non-hydrogen) atoms. The van der Waals surface area contributed by atoms with Gasteiger partial charge in [0.25, 0.3) is 0 Å². The van der Waals surface area contributed by atoms with Crippen LogP contribution in [0.4, 0.5) is 13.2 Å². The largest absolute Gasteiger partial charge is 0.453 e. The molecule has 1 aromatic heterocycles. The van der Waals surface area contributed by atoms with Crippen molar-refractivity contribution in [2.24, 2.45) is 0 Å².